The van der Waals surface area contributed by atoms with Crippen LogP contribution in [0.4, 0.5) is 104 Å². The number of hydrogen-bond donors (Lipinski definition) is 0. The Kier molecular flexibility index (Phi) is 15.9. The molecule has 0 aromatic heterocycles. The monoisotopic (exact) mass is 1190 g/mol. The van der Waals surface area contributed by atoms with Crippen molar-refractivity contribution in [2.45, 2.75) is 58.2 Å². The number of allylic oxidation sites excluding steroid dienone is 6. The summed E-state index contributed by atoms with van der Waals surface area (Å²) < 4.78 is 281. The van der Waals surface area contributed by atoms with Crippen LogP contribution in [0.5, 0.6) is 0 Å². The lowest BCUT2D eigenvalue weighted by molar-refractivity contribution is -0.386. The molecule has 32 heteroatoms. The molecule has 0 radical (unpaired) electrons. The molecule has 0 N–H and O–H groups in total. The van der Waals surface area contributed by atoms with Crippen molar-refractivity contribution in [2.24, 2.45) is 0 Å². The maximum atomic E-state index is 14.5. The molecule has 1 aliphatic heterocycles. The van der Waals surface area contributed by atoms with Gasteiger partial charge in [-0.3, -0.25) is 38.4 Å². The van der Waals surface area contributed by atoms with Crippen LogP contribution in [-0.2, 0) is 28.6 Å². The van der Waals surface area contributed by atoms with Crippen molar-refractivity contribution in [3.63, 3.8) is 0 Å². The van der Waals surface area contributed by atoms with E-state index >= 15 is 0 Å². The first kappa shape index (κ1) is 59.8. The minimum Gasteiger partial charge on any atom is -0.294 e. The molecule has 5 aromatic rings. The predicted octanol–water partition coefficient (Wildman–Crippen LogP) is 13.6. The van der Waals surface area contributed by atoms with Gasteiger partial charge < -0.3 is 0 Å². The van der Waals surface area contributed by atoms with E-state index in [0.717, 1.165) is 18.2 Å². The van der Waals surface area contributed by atoms with Crippen LogP contribution in [0.3, 0.4) is 0 Å². The van der Waals surface area contributed by atoms with Crippen LogP contribution < -0.4 is 9.80 Å². The molecular formula is C48H30F16N4O10S2. The fourth-order valence-electron chi connectivity index (χ4n) is 7.89. The highest BCUT2D eigenvalue weighted by molar-refractivity contribution is 7.87. The zero-order chi connectivity index (χ0) is 59.3. The molecular weight excluding hydrogens is 1160 g/mol. The molecule has 0 unspecified atom stereocenters. The van der Waals surface area contributed by atoms with Gasteiger partial charge in [0.05, 0.1) is 32.3 Å². The quantitative estimate of drug-likeness (QED) is 0.0219. The van der Waals surface area contributed by atoms with Gasteiger partial charge in [-0.15, -0.1) is 0 Å². The normalized spacial score (nSPS) is 14.6. The van der Waals surface area contributed by atoms with Crippen LogP contribution in [0, 0.1) is 20.2 Å². The number of nitrogens with zero attached hydrogens (tertiary/aromatic N) is 4. The van der Waals surface area contributed by atoms with Crippen LogP contribution >= 0.6 is 0 Å². The molecule has 1 heterocycles. The van der Waals surface area contributed by atoms with Gasteiger partial charge in [0.1, 0.15) is 28.8 Å². The molecule has 14 nitrogen and oxygen atoms in total. The van der Waals surface area contributed by atoms with E-state index < -0.39 is 141 Å². The van der Waals surface area contributed by atoms with Gasteiger partial charge in [0.2, 0.25) is 0 Å². The Hall–Kier alpha value is -7.84. The second kappa shape index (κ2) is 21.3. The highest BCUT2D eigenvalue weighted by Gasteiger charge is 2.76. The van der Waals surface area contributed by atoms with Crippen LogP contribution in [-0.4, -0.2) is 88.3 Å². The number of benzene rings is 5. The predicted molar refractivity (Wildman–Crippen MR) is 250 cm³/mol. The van der Waals surface area contributed by atoms with Gasteiger partial charge in [0.25, 0.3) is 31.6 Å². The summed E-state index contributed by atoms with van der Waals surface area (Å²) in [5.74, 6) is -40.2. The van der Waals surface area contributed by atoms with Crippen LogP contribution in [0.1, 0.15) is 11.1 Å². The molecule has 0 spiro atoms. The van der Waals surface area contributed by atoms with E-state index in [0.29, 0.717) is 28.6 Å². The summed E-state index contributed by atoms with van der Waals surface area (Å²) in [7, 11) is -12.5. The number of halogens is 16. The molecule has 1 aliphatic carbocycles. The van der Waals surface area contributed by atoms with Crippen molar-refractivity contribution in [3.8, 4) is 11.1 Å². The smallest absolute Gasteiger partial charge is 0.294 e. The van der Waals surface area contributed by atoms with Crippen LogP contribution in [0.2, 0.25) is 0 Å². The van der Waals surface area contributed by atoms with Gasteiger partial charge in [-0.05, 0) is 71.3 Å². The average Bonchev–Trinajstić information content (AvgIpc) is 3.99. The molecule has 2 aliphatic rings. The summed E-state index contributed by atoms with van der Waals surface area (Å²) in [6.07, 6.45) is -3.69. The maximum absolute atomic E-state index is 14.5. The third-order valence-corrected chi connectivity index (χ3v) is 14.3. The summed E-state index contributed by atoms with van der Waals surface area (Å²) in [5.41, 5.74) is -5.37. The Bertz CT molecular complexity index is 3390. The highest BCUT2D eigenvalue weighted by atomic mass is 32.2. The zero-order valence-electron chi connectivity index (χ0n) is 39.2. The summed E-state index contributed by atoms with van der Waals surface area (Å²) in [5, 5.41) is 25.2. The van der Waals surface area contributed by atoms with Crippen molar-refractivity contribution in [2.75, 3.05) is 23.0 Å². The van der Waals surface area contributed by atoms with Crippen molar-refractivity contribution >= 4 is 59.9 Å². The number of hydrogen-bond acceptors (Lipinski definition) is 12. The zero-order valence-corrected chi connectivity index (χ0v) is 40.8. The largest absolute Gasteiger partial charge is 0.380 e. The SMILES string of the molecule is O=[N+]([O-])c1cc(S(=O)(=O)OCC(F)(F)C(F)(F)C(F)(F)C(F)F)cc2c1-c1c(cc(S(=O)(=O)OCC(F)(F)C(F)(F)C(F)(F)C(F)F)cc1[N+](=O)[O-])C2=C/C=C/C=C/C=C1N(c2ccccc2)c2ccccc2N1c1ccccc1. The fraction of sp³-hybridized carbons (Fsp3) is 0.208. The number of rotatable bonds is 21. The molecule has 5 aromatic carbocycles. The lowest BCUT2D eigenvalue weighted by atomic mass is 10.0. The van der Waals surface area contributed by atoms with Crippen molar-refractivity contribution in [1.29, 1.82) is 0 Å². The number of fused-ring (bicyclic) bond motifs is 4. The Morgan fingerprint density at radius 2 is 0.838 bits per heavy atom. The molecule has 0 bridgehead atoms. The molecule has 7 rings (SSSR count). The standard InChI is InChI=1S/C48H30F16N4O10S2/c49-41(50)45(57,58)47(61,62)43(53,54)25-77-79(73,74)29-21-32-31(17-9-1-2-10-20-38-65(27-13-5-3-6-14-27)34-18-11-12-19-35(34)66(38)28-15-7-4-8-16-28)33-22-30(24-37(68(71)72)40(33)39(32)36(23-29)67(69)70)80(75,76)78-26-44(55,56)48(63,64)46(59,60)42(51)52/h1-24,41-42H,25-26H2/b9-1+,10-2+. The number of para-hydroxylation sites is 4. The van der Waals surface area contributed by atoms with Crippen molar-refractivity contribution in [1.82, 2.24) is 0 Å². The van der Waals surface area contributed by atoms with Crippen molar-refractivity contribution in [3.05, 3.63) is 183 Å². The van der Waals surface area contributed by atoms with E-state index in [-0.39, 0.29) is 24.3 Å². The molecule has 0 saturated carbocycles. The van der Waals surface area contributed by atoms with Gasteiger partial charge >= 0.3 is 48.4 Å². The second-order valence-electron chi connectivity index (χ2n) is 16.8. The first-order valence-electron chi connectivity index (χ1n) is 21.9. The minimum atomic E-state index is -7.04. The van der Waals surface area contributed by atoms with Crippen LogP contribution in [0.15, 0.2) is 161 Å². The Balaban J connectivity index is 1.37. The number of nitro groups is 2. The molecule has 80 heavy (non-hydrogen) atoms. The molecule has 426 valence electrons. The summed E-state index contributed by atoms with van der Waals surface area (Å²) >= 11 is 0. The minimum absolute atomic E-state index is 0.120. The first-order valence-corrected chi connectivity index (χ1v) is 24.7. The van der Waals surface area contributed by atoms with E-state index in [4.69, 9.17) is 0 Å². The van der Waals surface area contributed by atoms with E-state index in [2.05, 4.69) is 8.37 Å². The summed E-state index contributed by atoms with van der Waals surface area (Å²) in [6, 6.07) is 25.1. The van der Waals surface area contributed by atoms with Gasteiger partial charge in [-0.2, -0.15) is 69.5 Å². The maximum Gasteiger partial charge on any atom is 0.380 e. The highest BCUT2D eigenvalue weighted by Crippen LogP contribution is 2.56. The molecule has 0 fully saturated rings. The van der Waals surface area contributed by atoms with Gasteiger partial charge in [0, 0.05) is 23.5 Å². The average molecular weight is 1190 g/mol. The third kappa shape index (κ3) is 10.6. The molecule has 0 saturated heterocycles. The summed E-state index contributed by atoms with van der Waals surface area (Å²) in [6.45, 7) is -6.70. The van der Waals surface area contributed by atoms with E-state index in [1.54, 1.807) is 78.9 Å². The Morgan fingerprint density at radius 1 is 0.500 bits per heavy atom. The lowest BCUT2D eigenvalue weighted by Gasteiger charge is -2.31. The summed E-state index contributed by atoms with van der Waals surface area (Å²) in [4.78, 5) is 22.5. The topological polar surface area (TPSA) is 180 Å². The fourth-order valence-corrected chi connectivity index (χ4v) is 9.81. The number of alkyl halides is 16. The van der Waals surface area contributed by atoms with Gasteiger partial charge in [-0.25, -0.2) is 17.6 Å². The number of anilines is 4. The Labute approximate surface area is 439 Å². The molecule has 0 amide bonds. The van der Waals surface area contributed by atoms with Crippen LogP contribution in [0.25, 0.3) is 16.7 Å². The van der Waals surface area contributed by atoms with Crippen molar-refractivity contribution < 1.29 is 105 Å². The van der Waals surface area contributed by atoms with E-state index in [1.165, 1.54) is 12.2 Å². The Morgan fingerprint density at radius 3 is 1.18 bits per heavy atom. The second-order valence-corrected chi connectivity index (χ2v) is 20.0. The van der Waals surface area contributed by atoms with E-state index in [1.807, 2.05) is 21.9 Å². The lowest BCUT2D eigenvalue weighted by Crippen LogP contribution is -2.59. The van der Waals surface area contributed by atoms with E-state index in [9.17, 15) is 107 Å². The van der Waals surface area contributed by atoms with Gasteiger partial charge in [-0.1, -0.05) is 78.9 Å². The van der Waals surface area contributed by atoms with Gasteiger partial charge in [0.15, 0.2) is 0 Å². The number of nitro benzene ring substituents is 2. The first-order chi connectivity index (χ1) is 37.1. The molecule has 0 atom stereocenters. The third-order valence-electron chi connectivity index (χ3n) is 11.8.